The maximum atomic E-state index is 13.1. The zero-order valence-corrected chi connectivity index (χ0v) is 13.9. The topological polar surface area (TPSA) is 61.4 Å². The van der Waals surface area contributed by atoms with E-state index in [1.54, 1.807) is 0 Å². The average molecular weight is 315 g/mol. The van der Waals surface area contributed by atoms with E-state index in [0.717, 1.165) is 37.9 Å². The Balaban J connectivity index is 1.92. The second kappa shape index (κ2) is 6.32. The van der Waals surface area contributed by atoms with Crippen LogP contribution in [0.5, 0.6) is 0 Å². The van der Waals surface area contributed by atoms with Crippen LogP contribution < -0.4 is 10.6 Å². The van der Waals surface area contributed by atoms with Crippen LogP contribution in [-0.4, -0.2) is 36.0 Å². The molecular formula is C18H25N3O2. The lowest BCUT2D eigenvalue weighted by atomic mass is 9.86. The standard InChI is InChI=1S/C18H25N3O2/c1-3-13-5-7-14(8-6-13)18(4-2)16(22)21(17(23)20-18)15-9-11-19-12-10-15/h5-8,15,19H,3-4,9-12H2,1-2H3,(H,20,23). The molecule has 1 aromatic rings. The monoisotopic (exact) mass is 315 g/mol. The number of urea groups is 1. The molecule has 0 aliphatic carbocycles. The number of nitrogens with zero attached hydrogens (tertiary/aromatic N) is 1. The summed E-state index contributed by atoms with van der Waals surface area (Å²) in [5.41, 5.74) is 1.20. The molecule has 2 aliphatic heterocycles. The van der Waals surface area contributed by atoms with Gasteiger partial charge >= 0.3 is 6.03 Å². The smallest absolute Gasteiger partial charge is 0.319 e. The Bertz CT molecular complexity index is 593. The van der Waals surface area contributed by atoms with Gasteiger partial charge in [-0.2, -0.15) is 0 Å². The van der Waals surface area contributed by atoms with Gasteiger partial charge in [0.15, 0.2) is 0 Å². The van der Waals surface area contributed by atoms with Crippen molar-refractivity contribution in [3.63, 3.8) is 0 Å². The Morgan fingerprint density at radius 1 is 1.13 bits per heavy atom. The van der Waals surface area contributed by atoms with Crippen molar-refractivity contribution in [1.29, 1.82) is 0 Å². The molecule has 5 nitrogen and oxygen atoms in total. The molecule has 0 saturated carbocycles. The highest BCUT2D eigenvalue weighted by Crippen LogP contribution is 2.34. The predicted octanol–water partition coefficient (Wildman–Crippen LogP) is 2.16. The molecule has 2 aliphatic rings. The van der Waals surface area contributed by atoms with Crippen LogP contribution in [0.25, 0.3) is 0 Å². The third-order valence-corrected chi connectivity index (χ3v) is 5.18. The number of nitrogens with one attached hydrogen (secondary N) is 2. The van der Waals surface area contributed by atoms with Gasteiger partial charge in [-0.25, -0.2) is 4.79 Å². The first-order chi connectivity index (χ1) is 11.1. The van der Waals surface area contributed by atoms with Gasteiger partial charge in [-0.1, -0.05) is 38.1 Å². The predicted molar refractivity (Wildman–Crippen MR) is 89.1 cm³/mol. The summed E-state index contributed by atoms with van der Waals surface area (Å²) in [5.74, 6) is -0.0962. The van der Waals surface area contributed by atoms with Crippen molar-refractivity contribution in [2.24, 2.45) is 0 Å². The van der Waals surface area contributed by atoms with Crippen LogP contribution in [0.2, 0.25) is 0 Å². The Hall–Kier alpha value is -1.88. The minimum atomic E-state index is -0.909. The summed E-state index contributed by atoms with van der Waals surface area (Å²) in [5, 5.41) is 6.26. The zero-order valence-electron chi connectivity index (χ0n) is 13.9. The number of carbonyl (C=O) groups excluding carboxylic acids is 2. The Morgan fingerprint density at radius 3 is 2.35 bits per heavy atom. The highest BCUT2D eigenvalue weighted by Gasteiger charge is 2.53. The molecule has 1 unspecified atom stereocenters. The third-order valence-electron chi connectivity index (χ3n) is 5.18. The summed E-state index contributed by atoms with van der Waals surface area (Å²) in [6, 6.07) is 7.80. The number of carbonyl (C=O) groups is 2. The van der Waals surface area contributed by atoms with Crippen molar-refractivity contribution in [2.45, 2.75) is 51.1 Å². The Morgan fingerprint density at radius 2 is 1.78 bits per heavy atom. The van der Waals surface area contributed by atoms with Gasteiger partial charge in [0.2, 0.25) is 0 Å². The molecule has 3 rings (SSSR count). The van der Waals surface area contributed by atoms with E-state index in [1.165, 1.54) is 10.5 Å². The molecular weight excluding hydrogens is 290 g/mol. The van der Waals surface area contributed by atoms with Gasteiger partial charge in [-0.05, 0) is 49.9 Å². The largest absolute Gasteiger partial charge is 0.325 e. The number of hydrogen-bond acceptors (Lipinski definition) is 3. The van der Waals surface area contributed by atoms with Crippen molar-refractivity contribution in [2.75, 3.05) is 13.1 Å². The number of amides is 3. The van der Waals surface area contributed by atoms with Crippen LogP contribution in [0.4, 0.5) is 4.79 Å². The lowest BCUT2D eigenvalue weighted by Crippen LogP contribution is -2.48. The SMILES string of the molecule is CCc1ccc(C2(CC)NC(=O)N(C3CCNCC3)C2=O)cc1. The first-order valence-corrected chi connectivity index (χ1v) is 8.58. The van der Waals surface area contributed by atoms with E-state index in [-0.39, 0.29) is 18.0 Å². The quantitative estimate of drug-likeness (QED) is 0.837. The number of rotatable bonds is 4. The summed E-state index contributed by atoms with van der Waals surface area (Å²) in [4.78, 5) is 27.1. The molecule has 2 fully saturated rings. The summed E-state index contributed by atoms with van der Waals surface area (Å²) in [6.07, 6.45) is 3.17. The first-order valence-electron chi connectivity index (χ1n) is 8.58. The van der Waals surface area contributed by atoms with Crippen molar-refractivity contribution in [3.8, 4) is 0 Å². The fourth-order valence-corrected chi connectivity index (χ4v) is 3.65. The van der Waals surface area contributed by atoms with Crippen molar-refractivity contribution in [1.82, 2.24) is 15.5 Å². The van der Waals surface area contributed by atoms with Crippen LogP contribution in [0.3, 0.4) is 0 Å². The van der Waals surface area contributed by atoms with Gasteiger partial charge < -0.3 is 10.6 Å². The molecule has 2 saturated heterocycles. The van der Waals surface area contributed by atoms with E-state index in [1.807, 2.05) is 31.2 Å². The number of hydrogen-bond donors (Lipinski definition) is 2. The molecule has 0 radical (unpaired) electrons. The van der Waals surface area contributed by atoms with E-state index < -0.39 is 5.54 Å². The Kier molecular flexibility index (Phi) is 4.39. The fourth-order valence-electron chi connectivity index (χ4n) is 3.65. The number of piperidine rings is 1. The van der Waals surface area contributed by atoms with Gasteiger partial charge in [0.25, 0.3) is 5.91 Å². The number of aryl methyl sites for hydroxylation is 1. The number of imide groups is 1. The molecule has 2 heterocycles. The highest BCUT2D eigenvalue weighted by atomic mass is 16.2. The molecule has 23 heavy (non-hydrogen) atoms. The molecule has 0 spiro atoms. The second-order valence-electron chi connectivity index (χ2n) is 6.40. The summed E-state index contributed by atoms with van der Waals surface area (Å²) in [6.45, 7) is 5.77. The van der Waals surface area contributed by atoms with Crippen molar-refractivity contribution < 1.29 is 9.59 Å². The van der Waals surface area contributed by atoms with Gasteiger partial charge in [0, 0.05) is 6.04 Å². The van der Waals surface area contributed by atoms with Crippen LogP contribution in [0.15, 0.2) is 24.3 Å². The lowest BCUT2D eigenvalue weighted by molar-refractivity contribution is -0.133. The van der Waals surface area contributed by atoms with Crippen LogP contribution in [0, 0.1) is 0 Å². The minimum absolute atomic E-state index is 0.00656. The summed E-state index contributed by atoms with van der Waals surface area (Å²) < 4.78 is 0. The second-order valence-corrected chi connectivity index (χ2v) is 6.40. The third kappa shape index (κ3) is 2.63. The van der Waals surface area contributed by atoms with Crippen molar-refractivity contribution in [3.05, 3.63) is 35.4 Å². The summed E-state index contributed by atoms with van der Waals surface area (Å²) >= 11 is 0. The van der Waals surface area contributed by atoms with Gasteiger partial charge in [-0.15, -0.1) is 0 Å². The average Bonchev–Trinajstić information content (AvgIpc) is 2.87. The number of benzene rings is 1. The van der Waals surface area contributed by atoms with E-state index in [2.05, 4.69) is 17.6 Å². The van der Waals surface area contributed by atoms with E-state index in [4.69, 9.17) is 0 Å². The normalized spacial score (nSPS) is 25.7. The molecule has 1 aromatic carbocycles. The zero-order chi connectivity index (χ0) is 16.4. The minimum Gasteiger partial charge on any atom is -0.319 e. The molecule has 0 aromatic heterocycles. The maximum Gasteiger partial charge on any atom is 0.325 e. The van der Waals surface area contributed by atoms with Gasteiger partial charge in [-0.3, -0.25) is 9.69 Å². The van der Waals surface area contributed by atoms with Crippen LogP contribution in [-0.2, 0) is 16.8 Å². The Labute approximate surface area is 137 Å². The maximum absolute atomic E-state index is 13.1. The van der Waals surface area contributed by atoms with Gasteiger partial charge in [0.05, 0.1) is 0 Å². The molecule has 124 valence electrons. The molecule has 5 heteroatoms. The summed E-state index contributed by atoms with van der Waals surface area (Å²) in [7, 11) is 0. The first kappa shape index (κ1) is 16.0. The lowest BCUT2D eigenvalue weighted by Gasteiger charge is -2.31. The van der Waals surface area contributed by atoms with E-state index in [0.29, 0.717) is 6.42 Å². The van der Waals surface area contributed by atoms with Crippen molar-refractivity contribution >= 4 is 11.9 Å². The molecule has 3 amide bonds. The van der Waals surface area contributed by atoms with Crippen LogP contribution >= 0.6 is 0 Å². The van der Waals surface area contributed by atoms with E-state index in [9.17, 15) is 9.59 Å². The fraction of sp³-hybridized carbons (Fsp3) is 0.556. The molecule has 1 atom stereocenters. The van der Waals surface area contributed by atoms with E-state index >= 15 is 0 Å². The molecule has 0 bridgehead atoms. The molecule has 2 N–H and O–H groups in total. The van der Waals surface area contributed by atoms with Gasteiger partial charge in [0.1, 0.15) is 5.54 Å². The highest BCUT2D eigenvalue weighted by molar-refractivity contribution is 6.07. The van der Waals surface area contributed by atoms with Crippen LogP contribution in [0.1, 0.15) is 44.2 Å².